The first-order chi connectivity index (χ1) is 15.0. The van der Waals surface area contributed by atoms with E-state index >= 15 is 0 Å². The van der Waals surface area contributed by atoms with Gasteiger partial charge in [0.25, 0.3) is 0 Å². The molecule has 0 saturated carbocycles. The van der Waals surface area contributed by atoms with Crippen molar-refractivity contribution in [2.75, 3.05) is 18.9 Å². The van der Waals surface area contributed by atoms with Crippen LogP contribution in [0.3, 0.4) is 0 Å². The van der Waals surface area contributed by atoms with Gasteiger partial charge >= 0.3 is 0 Å². The van der Waals surface area contributed by atoms with Crippen molar-refractivity contribution < 1.29 is 9.59 Å². The maximum Gasteiger partial charge on any atom is 0.226 e. The molecule has 0 fully saturated rings. The number of rotatable bonds is 4. The van der Waals surface area contributed by atoms with Crippen molar-refractivity contribution in [2.45, 2.75) is 30.6 Å². The predicted octanol–water partition coefficient (Wildman–Crippen LogP) is 3.81. The topological polar surface area (TPSA) is 75.2 Å². The van der Waals surface area contributed by atoms with Gasteiger partial charge in [0.1, 0.15) is 17.0 Å². The lowest BCUT2D eigenvalue weighted by molar-refractivity contribution is -0.133. The highest BCUT2D eigenvalue weighted by Gasteiger charge is 2.30. The minimum Gasteiger partial charge on any atom is -0.340 e. The van der Waals surface area contributed by atoms with E-state index in [1.54, 1.807) is 29.6 Å². The van der Waals surface area contributed by atoms with Gasteiger partial charge in [-0.2, -0.15) is 0 Å². The first-order valence-electron chi connectivity index (χ1n) is 10.1. The average Bonchev–Trinajstić information content (AvgIpc) is 3.32. The summed E-state index contributed by atoms with van der Waals surface area (Å²) in [5.74, 6) is 3.37. The molecule has 0 saturated heterocycles. The molecule has 1 aromatic carbocycles. The molecule has 6 nitrogen and oxygen atoms in total. The standard InChI is InChI=1S/C23H20N4O2S2/c1-3-8-27(2)23(29)14-5-7-16-18(9-14)31-22-20(16)21(24-12-25-22)26-15-6-4-13-10-19(28)30-17(13)11-15/h1,4,6,11-12,14H,5,7-10H2,2H3,(H,24,25,26). The molecule has 3 aromatic rings. The molecule has 1 aliphatic carbocycles. The van der Waals surface area contributed by atoms with Crippen LogP contribution in [-0.2, 0) is 28.9 Å². The fourth-order valence-corrected chi connectivity index (χ4v) is 6.46. The third-order valence-electron chi connectivity index (χ3n) is 5.79. The van der Waals surface area contributed by atoms with Crippen LogP contribution in [0.25, 0.3) is 10.2 Å². The lowest BCUT2D eigenvalue weighted by Gasteiger charge is -2.25. The van der Waals surface area contributed by atoms with Crippen LogP contribution in [0.4, 0.5) is 11.5 Å². The number of anilines is 2. The second-order valence-electron chi connectivity index (χ2n) is 7.84. The van der Waals surface area contributed by atoms with Gasteiger partial charge in [0.15, 0.2) is 5.12 Å². The van der Waals surface area contributed by atoms with Gasteiger partial charge in [-0.25, -0.2) is 9.97 Å². The SMILES string of the molecule is C#CCN(C)C(=O)C1CCc2c(sc3ncnc(Nc4ccc5c(c4)SC(=O)C5)c23)C1. The van der Waals surface area contributed by atoms with Gasteiger partial charge in [0.05, 0.1) is 11.9 Å². The molecule has 1 unspecified atom stereocenters. The van der Waals surface area contributed by atoms with E-state index in [1.807, 2.05) is 18.2 Å². The molecule has 1 amide bonds. The first-order valence-corrected chi connectivity index (χ1v) is 11.7. The van der Waals surface area contributed by atoms with Gasteiger partial charge in [0, 0.05) is 34.8 Å². The highest BCUT2D eigenvalue weighted by molar-refractivity contribution is 8.14. The Bertz CT molecular complexity index is 1260. The fourth-order valence-electron chi connectivity index (χ4n) is 4.27. The van der Waals surface area contributed by atoms with Crippen LogP contribution in [0.1, 0.15) is 22.4 Å². The normalized spacial score (nSPS) is 17.2. The van der Waals surface area contributed by atoms with Crippen LogP contribution in [0.5, 0.6) is 0 Å². The summed E-state index contributed by atoms with van der Waals surface area (Å²) in [6.07, 6.45) is 9.73. The number of nitrogens with zero attached hydrogens (tertiary/aromatic N) is 3. The summed E-state index contributed by atoms with van der Waals surface area (Å²) in [5, 5.41) is 4.65. The first kappa shape index (κ1) is 20.0. The van der Waals surface area contributed by atoms with Gasteiger partial charge in [-0.3, -0.25) is 9.59 Å². The predicted molar refractivity (Wildman–Crippen MR) is 124 cm³/mol. The molecule has 0 bridgehead atoms. The zero-order valence-electron chi connectivity index (χ0n) is 17.0. The number of thioether (sulfide) groups is 1. The lowest BCUT2D eigenvalue weighted by Crippen LogP contribution is -2.35. The molecule has 156 valence electrons. The van der Waals surface area contributed by atoms with E-state index in [0.717, 1.165) is 45.0 Å². The molecule has 0 radical (unpaired) electrons. The van der Waals surface area contributed by atoms with Crippen molar-refractivity contribution in [1.29, 1.82) is 0 Å². The minimum absolute atomic E-state index is 0.0467. The maximum absolute atomic E-state index is 12.7. The number of hydrogen-bond donors (Lipinski definition) is 1. The summed E-state index contributed by atoms with van der Waals surface area (Å²) in [6.45, 7) is 0.332. The minimum atomic E-state index is -0.0467. The Morgan fingerprint density at radius 3 is 3.10 bits per heavy atom. The monoisotopic (exact) mass is 448 g/mol. The maximum atomic E-state index is 12.7. The van der Waals surface area contributed by atoms with E-state index in [2.05, 4.69) is 21.2 Å². The van der Waals surface area contributed by atoms with E-state index in [-0.39, 0.29) is 16.9 Å². The second kappa shape index (κ2) is 7.98. The summed E-state index contributed by atoms with van der Waals surface area (Å²) in [6, 6.07) is 5.99. The molecule has 2 aromatic heterocycles. The molecule has 31 heavy (non-hydrogen) atoms. The van der Waals surface area contributed by atoms with Gasteiger partial charge in [-0.1, -0.05) is 23.7 Å². The lowest BCUT2D eigenvalue weighted by atomic mass is 9.87. The molecular formula is C23H20N4O2S2. The van der Waals surface area contributed by atoms with Crippen molar-refractivity contribution in [3.05, 3.63) is 40.5 Å². The zero-order chi connectivity index (χ0) is 21.5. The summed E-state index contributed by atoms with van der Waals surface area (Å²) >= 11 is 2.93. The van der Waals surface area contributed by atoms with Crippen molar-refractivity contribution in [3.63, 3.8) is 0 Å². The van der Waals surface area contributed by atoms with Gasteiger partial charge in [-0.15, -0.1) is 17.8 Å². The molecule has 2 aliphatic rings. The van der Waals surface area contributed by atoms with E-state index < -0.39 is 0 Å². The Labute approximate surface area is 188 Å². The number of terminal acetylenes is 1. The number of aromatic nitrogens is 2. The molecule has 3 heterocycles. The quantitative estimate of drug-likeness (QED) is 0.612. The third kappa shape index (κ3) is 3.68. The summed E-state index contributed by atoms with van der Waals surface area (Å²) in [7, 11) is 1.76. The Balaban J connectivity index is 1.44. The van der Waals surface area contributed by atoms with Gasteiger partial charge in [-0.05, 0) is 42.5 Å². The summed E-state index contributed by atoms with van der Waals surface area (Å²) in [4.78, 5) is 38.2. The van der Waals surface area contributed by atoms with Crippen molar-refractivity contribution in [3.8, 4) is 12.3 Å². The number of benzene rings is 1. The summed E-state index contributed by atoms with van der Waals surface area (Å²) in [5.41, 5.74) is 3.21. The van der Waals surface area contributed by atoms with Crippen LogP contribution in [0.2, 0.25) is 0 Å². The molecule has 1 N–H and O–H groups in total. The van der Waals surface area contributed by atoms with Gasteiger partial charge < -0.3 is 10.2 Å². The van der Waals surface area contributed by atoms with E-state index in [0.29, 0.717) is 19.4 Å². The van der Waals surface area contributed by atoms with Crippen LogP contribution in [0, 0.1) is 18.3 Å². The highest BCUT2D eigenvalue weighted by Crippen LogP contribution is 2.41. The Morgan fingerprint density at radius 2 is 2.26 bits per heavy atom. The van der Waals surface area contributed by atoms with Gasteiger partial charge in [0.2, 0.25) is 5.91 Å². The number of fused-ring (bicyclic) bond motifs is 4. The molecular weight excluding hydrogens is 428 g/mol. The van der Waals surface area contributed by atoms with Crippen LogP contribution >= 0.6 is 23.1 Å². The Kier molecular flexibility index (Phi) is 5.16. The fraction of sp³-hybridized carbons (Fsp3) is 0.304. The van der Waals surface area contributed by atoms with Crippen LogP contribution in [0.15, 0.2) is 29.4 Å². The average molecular weight is 449 g/mol. The second-order valence-corrected chi connectivity index (χ2v) is 10.0. The van der Waals surface area contributed by atoms with Crippen molar-refractivity contribution in [1.82, 2.24) is 14.9 Å². The van der Waals surface area contributed by atoms with E-state index in [9.17, 15) is 9.59 Å². The van der Waals surface area contributed by atoms with Crippen LogP contribution in [-0.4, -0.2) is 39.5 Å². The molecule has 0 spiro atoms. The Hall–Kier alpha value is -2.89. The number of hydrogen-bond acceptors (Lipinski definition) is 7. The number of carbonyl (C=O) groups excluding carboxylic acids is 2. The molecule has 1 atom stereocenters. The van der Waals surface area contributed by atoms with E-state index in [4.69, 9.17) is 6.42 Å². The largest absolute Gasteiger partial charge is 0.340 e. The number of carbonyl (C=O) groups is 2. The number of amides is 1. The van der Waals surface area contributed by atoms with Crippen LogP contribution < -0.4 is 5.32 Å². The summed E-state index contributed by atoms with van der Waals surface area (Å²) < 4.78 is 0. The van der Waals surface area contributed by atoms with Crippen molar-refractivity contribution >= 4 is 55.8 Å². The molecule has 5 rings (SSSR count). The highest BCUT2D eigenvalue weighted by atomic mass is 32.2. The Morgan fingerprint density at radius 1 is 1.39 bits per heavy atom. The number of nitrogens with one attached hydrogen (secondary N) is 1. The molecule has 1 aliphatic heterocycles. The third-order valence-corrected chi connectivity index (χ3v) is 7.92. The number of aryl methyl sites for hydroxylation is 1. The zero-order valence-corrected chi connectivity index (χ0v) is 18.6. The smallest absolute Gasteiger partial charge is 0.226 e. The number of thiophene rings is 1. The van der Waals surface area contributed by atoms with Crippen molar-refractivity contribution in [2.24, 2.45) is 5.92 Å². The van der Waals surface area contributed by atoms with E-state index in [1.165, 1.54) is 22.2 Å². The molecule has 8 heteroatoms.